The Morgan fingerprint density at radius 1 is 1.00 bits per heavy atom. The molecule has 1 N–H and O–H groups in total. The van der Waals surface area contributed by atoms with Crippen LogP contribution in [0.15, 0.2) is 71.6 Å². The third-order valence-corrected chi connectivity index (χ3v) is 6.02. The summed E-state index contributed by atoms with van der Waals surface area (Å²) in [6.45, 7) is 4.24. The molecule has 166 valence electrons. The maximum Gasteiger partial charge on any atom is 0.294 e. The van der Waals surface area contributed by atoms with Crippen LogP contribution in [0.4, 0.5) is 5.69 Å². The molecule has 6 nitrogen and oxygen atoms in total. The SMILES string of the molecule is CC(C)c1ccc(N(C(=O)c2ccco2)[C@H](C(=O)NC2CCCC2)c2ccncc2)cc1. The smallest absolute Gasteiger partial charge is 0.294 e. The number of aromatic nitrogens is 1. The average Bonchev–Trinajstić information content (AvgIpc) is 3.52. The Morgan fingerprint density at radius 2 is 1.69 bits per heavy atom. The van der Waals surface area contributed by atoms with Gasteiger partial charge in [0.05, 0.1) is 6.26 Å². The number of furan rings is 1. The summed E-state index contributed by atoms with van der Waals surface area (Å²) in [6, 6.07) is 13.9. The van der Waals surface area contributed by atoms with Crippen molar-refractivity contribution in [2.75, 3.05) is 4.90 Å². The molecule has 1 aliphatic rings. The Kier molecular flexibility index (Phi) is 6.69. The van der Waals surface area contributed by atoms with Gasteiger partial charge in [-0.2, -0.15) is 0 Å². The van der Waals surface area contributed by atoms with E-state index in [4.69, 9.17) is 4.42 Å². The maximum absolute atomic E-state index is 13.6. The van der Waals surface area contributed by atoms with E-state index in [1.165, 1.54) is 11.2 Å². The fraction of sp³-hybridized carbons (Fsp3) is 0.346. The zero-order chi connectivity index (χ0) is 22.5. The van der Waals surface area contributed by atoms with E-state index in [1.54, 1.807) is 36.7 Å². The largest absolute Gasteiger partial charge is 0.459 e. The van der Waals surface area contributed by atoms with Gasteiger partial charge in [0.25, 0.3) is 5.91 Å². The van der Waals surface area contributed by atoms with E-state index in [-0.39, 0.29) is 23.6 Å². The summed E-state index contributed by atoms with van der Waals surface area (Å²) in [5.41, 5.74) is 2.50. The number of hydrogen-bond acceptors (Lipinski definition) is 4. The van der Waals surface area contributed by atoms with Gasteiger partial charge < -0.3 is 9.73 Å². The lowest BCUT2D eigenvalue weighted by Crippen LogP contribution is -2.46. The summed E-state index contributed by atoms with van der Waals surface area (Å²) in [4.78, 5) is 32.9. The van der Waals surface area contributed by atoms with Crippen LogP contribution in [-0.2, 0) is 4.79 Å². The van der Waals surface area contributed by atoms with Crippen molar-refractivity contribution in [1.29, 1.82) is 0 Å². The summed E-state index contributed by atoms with van der Waals surface area (Å²) in [5, 5.41) is 3.17. The van der Waals surface area contributed by atoms with Crippen LogP contribution in [0.25, 0.3) is 0 Å². The van der Waals surface area contributed by atoms with Crippen molar-refractivity contribution in [2.45, 2.75) is 57.5 Å². The van der Waals surface area contributed by atoms with E-state index in [9.17, 15) is 9.59 Å². The monoisotopic (exact) mass is 431 g/mol. The van der Waals surface area contributed by atoms with E-state index in [2.05, 4.69) is 24.1 Å². The van der Waals surface area contributed by atoms with Crippen LogP contribution in [0.3, 0.4) is 0 Å². The van der Waals surface area contributed by atoms with Crippen molar-refractivity contribution in [3.8, 4) is 0 Å². The predicted octanol–water partition coefficient (Wildman–Crippen LogP) is 5.24. The highest BCUT2D eigenvalue weighted by Gasteiger charge is 2.35. The van der Waals surface area contributed by atoms with Crippen LogP contribution >= 0.6 is 0 Å². The van der Waals surface area contributed by atoms with Gasteiger partial charge >= 0.3 is 0 Å². The fourth-order valence-corrected chi connectivity index (χ4v) is 4.24. The summed E-state index contributed by atoms with van der Waals surface area (Å²) < 4.78 is 5.42. The molecule has 0 radical (unpaired) electrons. The van der Waals surface area contributed by atoms with Crippen LogP contribution in [-0.4, -0.2) is 22.8 Å². The van der Waals surface area contributed by atoms with Gasteiger partial charge in [-0.15, -0.1) is 0 Å². The van der Waals surface area contributed by atoms with E-state index < -0.39 is 6.04 Å². The number of benzene rings is 1. The lowest BCUT2D eigenvalue weighted by atomic mass is 10.0. The Hall–Kier alpha value is -3.41. The number of amides is 2. The summed E-state index contributed by atoms with van der Waals surface area (Å²) in [7, 11) is 0. The first-order valence-corrected chi connectivity index (χ1v) is 11.2. The minimum Gasteiger partial charge on any atom is -0.459 e. The molecule has 0 bridgehead atoms. The Morgan fingerprint density at radius 3 is 2.28 bits per heavy atom. The van der Waals surface area contributed by atoms with Gasteiger partial charge in [-0.1, -0.05) is 38.8 Å². The number of anilines is 1. The third-order valence-electron chi connectivity index (χ3n) is 6.02. The minimum atomic E-state index is -0.846. The second-order valence-corrected chi connectivity index (χ2v) is 8.57. The van der Waals surface area contributed by atoms with Crippen molar-refractivity contribution in [1.82, 2.24) is 10.3 Å². The number of nitrogens with zero attached hydrogens (tertiary/aromatic N) is 2. The number of nitrogens with one attached hydrogen (secondary N) is 1. The van der Waals surface area contributed by atoms with Gasteiger partial charge in [0.1, 0.15) is 6.04 Å². The Balaban J connectivity index is 1.78. The lowest BCUT2D eigenvalue weighted by Gasteiger charge is -2.32. The number of carbonyl (C=O) groups excluding carboxylic acids is 2. The van der Waals surface area contributed by atoms with Crippen LogP contribution < -0.4 is 10.2 Å². The molecule has 1 aromatic carbocycles. The highest BCUT2D eigenvalue weighted by atomic mass is 16.3. The summed E-state index contributed by atoms with van der Waals surface area (Å²) >= 11 is 0. The number of pyridine rings is 1. The average molecular weight is 432 g/mol. The molecule has 32 heavy (non-hydrogen) atoms. The minimum absolute atomic E-state index is 0.135. The van der Waals surface area contributed by atoms with Gasteiger partial charge in [-0.05, 0) is 66.3 Å². The van der Waals surface area contributed by atoms with Crippen LogP contribution in [0.2, 0.25) is 0 Å². The number of hydrogen-bond donors (Lipinski definition) is 1. The first-order valence-electron chi connectivity index (χ1n) is 11.2. The van der Waals surface area contributed by atoms with Crippen LogP contribution in [0, 0.1) is 0 Å². The highest BCUT2D eigenvalue weighted by Crippen LogP contribution is 2.31. The second kappa shape index (κ2) is 9.81. The molecule has 1 fully saturated rings. The molecule has 6 heteroatoms. The van der Waals surface area contributed by atoms with E-state index in [0.717, 1.165) is 31.2 Å². The molecule has 0 aliphatic heterocycles. The van der Waals surface area contributed by atoms with Gasteiger partial charge in [0.15, 0.2) is 5.76 Å². The molecule has 0 spiro atoms. The van der Waals surface area contributed by atoms with E-state index in [0.29, 0.717) is 17.2 Å². The highest BCUT2D eigenvalue weighted by molar-refractivity contribution is 6.08. The first-order chi connectivity index (χ1) is 15.5. The van der Waals surface area contributed by atoms with E-state index in [1.807, 2.05) is 24.3 Å². The zero-order valence-corrected chi connectivity index (χ0v) is 18.5. The van der Waals surface area contributed by atoms with Gasteiger partial charge in [0, 0.05) is 24.1 Å². The van der Waals surface area contributed by atoms with Crippen molar-refractivity contribution in [2.24, 2.45) is 0 Å². The first kappa shape index (κ1) is 21.8. The Labute approximate surface area is 188 Å². The molecule has 0 unspecified atom stereocenters. The van der Waals surface area contributed by atoms with Crippen LogP contribution in [0.1, 0.15) is 73.2 Å². The normalized spacial score (nSPS) is 15.0. The summed E-state index contributed by atoms with van der Waals surface area (Å²) in [6.07, 6.45) is 8.89. The molecule has 0 saturated heterocycles. The molecule has 2 heterocycles. The molecule has 1 saturated carbocycles. The molecule has 1 atom stereocenters. The van der Waals surface area contributed by atoms with Gasteiger partial charge in [-0.25, -0.2) is 0 Å². The molecular formula is C26H29N3O3. The molecular weight excluding hydrogens is 402 g/mol. The molecule has 4 rings (SSSR count). The van der Waals surface area contributed by atoms with Crippen molar-refractivity contribution >= 4 is 17.5 Å². The van der Waals surface area contributed by atoms with Crippen molar-refractivity contribution < 1.29 is 14.0 Å². The molecule has 1 aliphatic carbocycles. The van der Waals surface area contributed by atoms with Crippen LogP contribution in [0.5, 0.6) is 0 Å². The maximum atomic E-state index is 13.6. The van der Waals surface area contributed by atoms with E-state index >= 15 is 0 Å². The Bertz CT molecular complexity index is 1020. The topological polar surface area (TPSA) is 75.4 Å². The second-order valence-electron chi connectivity index (χ2n) is 8.57. The molecule has 2 aromatic heterocycles. The third kappa shape index (κ3) is 4.74. The van der Waals surface area contributed by atoms with Gasteiger partial charge in [-0.3, -0.25) is 19.5 Å². The standard InChI is InChI=1S/C26H29N3O3/c1-18(2)19-9-11-22(12-10-19)29(26(31)23-8-5-17-32-23)24(20-13-15-27-16-14-20)25(30)28-21-6-3-4-7-21/h5,8-18,21,24H,3-4,6-7H2,1-2H3,(H,28,30)/t24-/m0/s1. The quantitative estimate of drug-likeness (QED) is 0.555. The van der Waals surface area contributed by atoms with Crippen molar-refractivity contribution in [3.05, 3.63) is 84.1 Å². The van der Waals surface area contributed by atoms with Gasteiger partial charge in [0.2, 0.25) is 5.91 Å². The lowest BCUT2D eigenvalue weighted by molar-refractivity contribution is -0.123. The zero-order valence-electron chi connectivity index (χ0n) is 18.5. The summed E-state index contributed by atoms with van der Waals surface area (Å²) in [5.74, 6) is -0.0165. The van der Waals surface area contributed by atoms with Crippen molar-refractivity contribution in [3.63, 3.8) is 0 Å². The molecule has 3 aromatic rings. The fourth-order valence-electron chi connectivity index (χ4n) is 4.24. The number of carbonyl (C=O) groups is 2. The predicted molar refractivity (Wildman–Crippen MR) is 123 cm³/mol. The number of rotatable bonds is 7. The molecule has 2 amide bonds.